The minimum absolute atomic E-state index is 0.0394. The summed E-state index contributed by atoms with van der Waals surface area (Å²) in [5.41, 5.74) is 1.95. The molecule has 4 aliphatic carbocycles. The summed E-state index contributed by atoms with van der Waals surface area (Å²) in [7, 11) is 0. The Morgan fingerprint density at radius 3 is 2.39 bits per heavy atom. The van der Waals surface area contributed by atoms with Crippen LogP contribution in [0, 0.1) is 42.4 Å². The third-order valence-electron chi connectivity index (χ3n) is 7.27. The van der Waals surface area contributed by atoms with E-state index >= 15 is 0 Å². The normalized spacial score (nSPS) is 32.2. The SMILES string of the molecule is Cc1ccc(-c2noc(CNC(=O)CN3C(=O)[C@@H]4[C@H]5C=C[C@@H]([C@@H]6C[C@H]56)[C@@H]4C3=O)n2)cc1. The van der Waals surface area contributed by atoms with Gasteiger partial charge in [-0.3, -0.25) is 19.3 Å². The molecule has 0 radical (unpaired) electrons. The number of hydrogen-bond donors (Lipinski definition) is 1. The third kappa shape index (κ3) is 2.85. The molecule has 2 saturated carbocycles. The van der Waals surface area contributed by atoms with E-state index < -0.39 is 5.91 Å². The van der Waals surface area contributed by atoms with Crippen LogP contribution in [-0.2, 0) is 20.9 Å². The minimum atomic E-state index is -0.416. The van der Waals surface area contributed by atoms with Crippen molar-refractivity contribution in [2.24, 2.45) is 35.5 Å². The number of nitrogens with zero attached hydrogens (tertiary/aromatic N) is 3. The third-order valence-corrected chi connectivity index (χ3v) is 7.27. The standard InChI is InChI=1S/C23H22N4O4/c1-11-2-4-12(5-3-11)21-25-18(31-26-21)9-24-17(28)10-27-22(29)19-13-6-7-14(16-8-15(13)16)20(19)23(27)30/h2-7,13-16,19-20H,8-10H2,1H3,(H,24,28)/t13-,14-,15-,16+,19-,20+/m0/s1. The van der Waals surface area contributed by atoms with Crippen molar-refractivity contribution in [3.63, 3.8) is 0 Å². The first-order valence-corrected chi connectivity index (χ1v) is 10.7. The number of allylic oxidation sites excluding steroid dienone is 2. The zero-order valence-corrected chi connectivity index (χ0v) is 17.0. The van der Waals surface area contributed by atoms with Crippen LogP contribution in [0.4, 0.5) is 0 Å². The fourth-order valence-electron chi connectivity index (χ4n) is 5.69. The smallest absolute Gasteiger partial charge is 0.246 e. The molecule has 8 nitrogen and oxygen atoms in total. The average molecular weight is 418 g/mol. The van der Waals surface area contributed by atoms with Crippen LogP contribution in [0.25, 0.3) is 11.4 Å². The predicted molar refractivity (Wildman–Crippen MR) is 108 cm³/mol. The first kappa shape index (κ1) is 18.5. The highest BCUT2D eigenvalue weighted by molar-refractivity contribution is 6.08. The van der Waals surface area contributed by atoms with Crippen LogP contribution in [0.1, 0.15) is 17.9 Å². The highest BCUT2D eigenvalue weighted by Crippen LogP contribution is 2.65. The van der Waals surface area contributed by atoms with Crippen LogP contribution in [-0.4, -0.2) is 39.3 Å². The number of nitrogens with one attached hydrogen (secondary N) is 1. The van der Waals surface area contributed by atoms with Gasteiger partial charge in [-0.15, -0.1) is 0 Å². The van der Waals surface area contributed by atoms with Gasteiger partial charge in [-0.2, -0.15) is 4.98 Å². The molecule has 158 valence electrons. The first-order chi connectivity index (χ1) is 15.0. The van der Waals surface area contributed by atoms with E-state index in [0.717, 1.165) is 22.4 Å². The second-order valence-corrected chi connectivity index (χ2v) is 9.07. The van der Waals surface area contributed by atoms with Gasteiger partial charge in [0, 0.05) is 5.56 Å². The van der Waals surface area contributed by atoms with Crippen LogP contribution in [0.5, 0.6) is 0 Å². The van der Waals surface area contributed by atoms with Crippen molar-refractivity contribution in [2.45, 2.75) is 19.9 Å². The van der Waals surface area contributed by atoms with Crippen molar-refractivity contribution in [1.82, 2.24) is 20.4 Å². The van der Waals surface area contributed by atoms with Gasteiger partial charge in [0.25, 0.3) is 0 Å². The topological polar surface area (TPSA) is 105 Å². The molecule has 0 spiro atoms. The van der Waals surface area contributed by atoms with Crippen LogP contribution in [0.3, 0.4) is 0 Å². The molecule has 5 aliphatic rings. The van der Waals surface area contributed by atoms with E-state index in [-0.39, 0.29) is 54.5 Å². The van der Waals surface area contributed by atoms with Crippen LogP contribution in [0.15, 0.2) is 40.9 Å². The van der Waals surface area contributed by atoms with E-state index in [4.69, 9.17) is 4.52 Å². The molecule has 1 saturated heterocycles. The molecule has 2 bridgehead atoms. The van der Waals surface area contributed by atoms with Gasteiger partial charge in [0.1, 0.15) is 6.54 Å². The molecule has 1 aliphatic heterocycles. The lowest BCUT2D eigenvalue weighted by Crippen LogP contribution is -2.41. The number of likely N-dealkylation sites (tertiary alicyclic amines) is 1. The van der Waals surface area contributed by atoms with Gasteiger partial charge < -0.3 is 9.84 Å². The van der Waals surface area contributed by atoms with Crippen LogP contribution in [0.2, 0.25) is 0 Å². The predicted octanol–water partition coefficient (Wildman–Crippen LogP) is 1.71. The molecule has 7 rings (SSSR count). The van der Waals surface area contributed by atoms with E-state index in [1.54, 1.807) is 0 Å². The van der Waals surface area contributed by atoms with Crippen molar-refractivity contribution in [2.75, 3.05) is 6.54 Å². The van der Waals surface area contributed by atoms with Crippen LogP contribution >= 0.6 is 0 Å². The highest BCUT2D eigenvalue weighted by atomic mass is 16.5. The summed E-state index contributed by atoms with van der Waals surface area (Å²) in [5, 5.41) is 6.62. The quantitative estimate of drug-likeness (QED) is 0.585. The number of imide groups is 1. The van der Waals surface area contributed by atoms with E-state index in [0.29, 0.717) is 17.7 Å². The van der Waals surface area contributed by atoms with E-state index in [9.17, 15) is 14.4 Å². The van der Waals surface area contributed by atoms with Crippen molar-refractivity contribution in [1.29, 1.82) is 0 Å². The summed E-state index contributed by atoms with van der Waals surface area (Å²) in [6, 6.07) is 7.72. The summed E-state index contributed by atoms with van der Waals surface area (Å²) in [6.07, 6.45) is 5.36. The number of carbonyl (C=O) groups is 3. The summed E-state index contributed by atoms with van der Waals surface area (Å²) >= 11 is 0. The highest BCUT2D eigenvalue weighted by Gasteiger charge is 2.67. The Labute approximate surface area is 178 Å². The zero-order valence-electron chi connectivity index (χ0n) is 17.0. The summed E-state index contributed by atoms with van der Waals surface area (Å²) in [4.78, 5) is 43.8. The molecule has 8 heteroatoms. The van der Waals surface area contributed by atoms with Gasteiger partial charge in [-0.1, -0.05) is 47.1 Å². The molecular weight excluding hydrogens is 396 g/mol. The number of rotatable bonds is 5. The van der Waals surface area contributed by atoms with Gasteiger partial charge in [0.05, 0.1) is 18.4 Å². The second-order valence-electron chi connectivity index (χ2n) is 9.07. The number of aryl methyl sites for hydroxylation is 1. The van der Waals surface area contributed by atoms with E-state index in [2.05, 4.69) is 27.6 Å². The lowest BCUT2D eigenvalue weighted by Gasteiger charge is -2.37. The maximum atomic E-state index is 12.9. The molecule has 31 heavy (non-hydrogen) atoms. The molecular formula is C23H22N4O4. The van der Waals surface area contributed by atoms with Crippen molar-refractivity contribution < 1.29 is 18.9 Å². The average Bonchev–Trinajstić information content (AvgIpc) is 3.41. The number of carbonyl (C=O) groups excluding carboxylic acids is 3. The van der Waals surface area contributed by atoms with Crippen molar-refractivity contribution in [3.8, 4) is 11.4 Å². The molecule has 3 fully saturated rings. The van der Waals surface area contributed by atoms with Crippen LogP contribution < -0.4 is 5.32 Å². The number of amides is 3. The molecule has 2 aromatic rings. The molecule has 1 aromatic carbocycles. The van der Waals surface area contributed by atoms with E-state index in [1.165, 1.54) is 0 Å². The lowest BCUT2D eigenvalue weighted by atomic mass is 9.63. The Morgan fingerprint density at radius 1 is 1.10 bits per heavy atom. The molecule has 3 amide bonds. The number of hydrogen-bond acceptors (Lipinski definition) is 6. The Bertz CT molecular complexity index is 1080. The van der Waals surface area contributed by atoms with Crippen molar-refractivity contribution in [3.05, 3.63) is 47.9 Å². The molecule has 0 unspecified atom stereocenters. The summed E-state index contributed by atoms with van der Waals surface area (Å²) < 4.78 is 5.21. The Morgan fingerprint density at radius 2 is 1.74 bits per heavy atom. The van der Waals surface area contributed by atoms with Gasteiger partial charge in [0.2, 0.25) is 29.4 Å². The molecule has 1 N–H and O–H groups in total. The van der Waals surface area contributed by atoms with Crippen molar-refractivity contribution >= 4 is 17.7 Å². The Balaban J connectivity index is 1.09. The lowest BCUT2D eigenvalue weighted by molar-refractivity contribution is -0.143. The first-order valence-electron chi connectivity index (χ1n) is 10.7. The van der Waals surface area contributed by atoms with Gasteiger partial charge >= 0.3 is 0 Å². The van der Waals surface area contributed by atoms with Gasteiger partial charge in [-0.05, 0) is 37.0 Å². The van der Waals surface area contributed by atoms with Gasteiger partial charge in [0.15, 0.2) is 0 Å². The number of benzene rings is 1. The monoisotopic (exact) mass is 418 g/mol. The fraction of sp³-hybridized carbons (Fsp3) is 0.435. The summed E-state index contributed by atoms with van der Waals surface area (Å²) in [6.45, 7) is 1.77. The minimum Gasteiger partial charge on any atom is -0.345 e. The Kier molecular flexibility index (Phi) is 3.94. The fourth-order valence-corrected chi connectivity index (χ4v) is 5.69. The van der Waals surface area contributed by atoms with E-state index in [1.807, 2.05) is 31.2 Å². The molecule has 1 aromatic heterocycles. The summed E-state index contributed by atoms with van der Waals surface area (Å²) in [5.74, 6) is 0.720. The van der Waals surface area contributed by atoms with Gasteiger partial charge in [-0.25, -0.2) is 0 Å². The largest absolute Gasteiger partial charge is 0.345 e. The second kappa shape index (κ2) is 6.60. The molecule has 2 heterocycles. The maximum absolute atomic E-state index is 12.9. The Hall–Kier alpha value is -3.29. The zero-order chi connectivity index (χ0) is 21.3. The maximum Gasteiger partial charge on any atom is 0.246 e. The number of aromatic nitrogens is 2. The molecule has 6 atom stereocenters.